The molecule has 0 aliphatic heterocycles. The van der Waals surface area contributed by atoms with Crippen molar-refractivity contribution in [2.45, 2.75) is 45.4 Å². The minimum absolute atomic E-state index is 0.00963. The van der Waals surface area contributed by atoms with Crippen molar-refractivity contribution < 1.29 is 14.6 Å². The lowest BCUT2D eigenvalue weighted by molar-refractivity contribution is 0.0691. The second-order valence-corrected chi connectivity index (χ2v) is 7.27. The highest BCUT2D eigenvalue weighted by Gasteiger charge is 2.16. The molecule has 30 heavy (non-hydrogen) atoms. The summed E-state index contributed by atoms with van der Waals surface area (Å²) in [7, 11) is 0. The molecule has 2 aromatic carbocycles. The van der Waals surface area contributed by atoms with Gasteiger partial charge in [-0.15, -0.1) is 0 Å². The molecule has 0 saturated carbocycles. The van der Waals surface area contributed by atoms with E-state index >= 15 is 0 Å². The van der Waals surface area contributed by atoms with E-state index in [0.717, 1.165) is 23.3 Å². The lowest BCUT2D eigenvalue weighted by Crippen LogP contribution is -2.06. The number of carboxylic acid groups (broad SMARTS) is 1. The van der Waals surface area contributed by atoms with E-state index < -0.39 is 5.97 Å². The molecule has 5 nitrogen and oxygen atoms in total. The van der Waals surface area contributed by atoms with Gasteiger partial charge in [0.15, 0.2) is 11.5 Å². The zero-order chi connectivity index (χ0) is 21.2. The van der Waals surface area contributed by atoms with Crippen LogP contribution in [0.25, 0.3) is 22.5 Å². The molecular formula is C25H28N2O3. The van der Waals surface area contributed by atoms with Crippen LogP contribution in [-0.2, 0) is 0 Å². The second-order valence-electron chi connectivity index (χ2n) is 7.27. The van der Waals surface area contributed by atoms with E-state index in [1.165, 1.54) is 32.1 Å². The Kier molecular flexibility index (Phi) is 7.95. The van der Waals surface area contributed by atoms with E-state index in [9.17, 15) is 9.90 Å². The van der Waals surface area contributed by atoms with Gasteiger partial charge >= 0.3 is 5.97 Å². The highest BCUT2D eigenvalue weighted by atomic mass is 16.5. The minimum atomic E-state index is -1.08. The van der Waals surface area contributed by atoms with Gasteiger partial charge in [-0.2, -0.15) is 0 Å². The third kappa shape index (κ3) is 5.89. The number of aromatic nitrogens is 2. The first-order chi connectivity index (χ1) is 14.7. The zero-order valence-corrected chi connectivity index (χ0v) is 17.4. The third-order valence-electron chi connectivity index (χ3n) is 4.96. The van der Waals surface area contributed by atoms with Crippen LogP contribution in [0.15, 0.2) is 60.8 Å². The predicted octanol–water partition coefficient (Wildman–Crippen LogP) is 6.25. The second kappa shape index (κ2) is 11.1. The molecule has 1 heterocycles. The van der Waals surface area contributed by atoms with Crippen molar-refractivity contribution in [1.82, 2.24) is 9.97 Å². The van der Waals surface area contributed by atoms with Gasteiger partial charge < -0.3 is 9.84 Å². The van der Waals surface area contributed by atoms with E-state index in [1.54, 1.807) is 6.20 Å². The molecule has 0 amide bonds. The number of carboxylic acids is 1. The summed E-state index contributed by atoms with van der Waals surface area (Å²) in [6, 6.07) is 16.8. The first-order valence-electron chi connectivity index (χ1n) is 10.6. The third-order valence-corrected chi connectivity index (χ3v) is 4.96. The minimum Gasteiger partial charge on any atom is -0.494 e. The van der Waals surface area contributed by atoms with Crippen LogP contribution in [-0.4, -0.2) is 27.7 Å². The summed E-state index contributed by atoms with van der Waals surface area (Å²) >= 11 is 0. The molecule has 1 N–H and O–H groups in total. The Morgan fingerprint density at radius 3 is 2.30 bits per heavy atom. The Labute approximate surface area is 177 Å². The number of carbonyl (C=O) groups is 1. The molecular weight excluding hydrogens is 376 g/mol. The fourth-order valence-corrected chi connectivity index (χ4v) is 3.29. The molecule has 5 heteroatoms. The first kappa shape index (κ1) is 21.5. The SMILES string of the molecule is CCCCCCCCOc1ccc(-c2cnc(-c3ccccc3)nc2C(=O)O)cc1. The molecule has 0 unspecified atom stereocenters. The number of benzene rings is 2. The van der Waals surface area contributed by atoms with Gasteiger partial charge in [0.2, 0.25) is 0 Å². The summed E-state index contributed by atoms with van der Waals surface area (Å²) in [6.07, 6.45) is 8.91. The van der Waals surface area contributed by atoms with Crippen molar-refractivity contribution in [3.63, 3.8) is 0 Å². The normalized spacial score (nSPS) is 10.7. The van der Waals surface area contributed by atoms with Gasteiger partial charge in [-0.1, -0.05) is 81.5 Å². The van der Waals surface area contributed by atoms with Crippen molar-refractivity contribution in [1.29, 1.82) is 0 Å². The highest BCUT2D eigenvalue weighted by Crippen LogP contribution is 2.26. The molecule has 3 aromatic rings. The van der Waals surface area contributed by atoms with Crippen molar-refractivity contribution >= 4 is 5.97 Å². The fraction of sp³-hybridized carbons (Fsp3) is 0.320. The lowest BCUT2D eigenvalue weighted by atomic mass is 10.0. The summed E-state index contributed by atoms with van der Waals surface area (Å²) in [5.41, 5.74) is 2.01. The summed E-state index contributed by atoms with van der Waals surface area (Å²) in [5, 5.41) is 9.66. The van der Waals surface area contributed by atoms with Gasteiger partial charge in [0, 0.05) is 17.3 Å². The van der Waals surface area contributed by atoms with E-state index in [4.69, 9.17) is 4.74 Å². The Hall–Kier alpha value is -3.21. The van der Waals surface area contributed by atoms with Gasteiger partial charge in [0.25, 0.3) is 0 Å². The molecule has 1 aromatic heterocycles. The van der Waals surface area contributed by atoms with Crippen molar-refractivity contribution in [2.75, 3.05) is 6.61 Å². The van der Waals surface area contributed by atoms with Crippen molar-refractivity contribution in [3.8, 4) is 28.3 Å². The van der Waals surface area contributed by atoms with Gasteiger partial charge in [0.05, 0.1) is 6.61 Å². The monoisotopic (exact) mass is 404 g/mol. The van der Waals surface area contributed by atoms with Crippen LogP contribution in [0.4, 0.5) is 0 Å². The van der Waals surface area contributed by atoms with Crippen LogP contribution in [0, 0.1) is 0 Å². The Morgan fingerprint density at radius 1 is 0.900 bits per heavy atom. The Morgan fingerprint density at radius 2 is 1.60 bits per heavy atom. The maximum atomic E-state index is 11.8. The predicted molar refractivity (Wildman–Crippen MR) is 119 cm³/mol. The first-order valence-corrected chi connectivity index (χ1v) is 10.6. The largest absolute Gasteiger partial charge is 0.494 e. The summed E-state index contributed by atoms with van der Waals surface area (Å²) in [5.74, 6) is 0.106. The van der Waals surface area contributed by atoms with Gasteiger partial charge in [-0.05, 0) is 24.1 Å². The van der Waals surface area contributed by atoms with Crippen LogP contribution < -0.4 is 4.74 Å². The molecule has 0 aliphatic carbocycles. The number of hydrogen-bond acceptors (Lipinski definition) is 4. The number of unbranched alkanes of at least 4 members (excludes halogenated alkanes) is 5. The van der Waals surface area contributed by atoms with Gasteiger partial charge in [0.1, 0.15) is 5.75 Å². The number of hydrogen-bond donors (Lipinski definition) is 1. The van der Waals surface area contributed by atoms with Crippen molar-refractivity contribution in [3.05, 3.63) is 66.5 Å². The maximum Gasteiger partial charge on any atom is 0.355 e. The molecule has 0 bridgehead atoms. The average molecular weight is 405 g/mol. The Balaban J connectivity index is 1.66. The number of aromatic carboxylic acids is 1. The highest BCUT2D eigenvalue weighted by molar-refractivity contribution is 5.94. The molecule has 0 saturated heterocycles. The van der Waals surface area contributed by atoms with E-state index in [1.807, 2.05) is 54.6 Å². The van der Waals surface area contributed by atoms with E-state index in [-0.39, 0.29) is 5.69 Å². The molecule has 0 atom stereocenters. The molecule has 0 fully saturated rings. The summed E-state index contributed by atoms with van der Waals surface area (Å²) in [6.45, 7) is 2.91. The van der Waals surface area contributed by atoms with E-state index in [2.05, 4.69) is 16.9 Å². The molecule has 156 valence electrons. The summed E-state index contributed by atoms with van der Waals surface area (Å²) in [4.78, 5) is 20.5. The molecule has 0 aliphatic rings. The number of rotatable bonds is 11. The quantitative estimate of drug-likeness (QED) is 0.383. The molecule has 0 spiro atoms. The fourth-order valence-electron chi connectivity index (χ4n) is 3.29. The topological polar surface area (TPSA) is 72.3 Å². The van der Waals surface area contributed by atoms with Crippen LogP contribution in [0.2, 0.25) is 0 Å². The van der Waals surface area contributed by atoms with Crippen LogP contribution in [0.1, 0.15) is 55.9 Å². The standard InChI is InChI=1S/C25H28N2O3/c1-2-3-4-5-6-10-17-30-21-15-13-19(14-16-21)22-18-26-24(27-23(22)25(28)29)20-11-8-7-9-12-20/h7-9,11-16,18H,2-6,10,17H2,1H3,(H,28,29). The zero-order valence-electron chi connectivity index (χ0n) is 17.4. The van der Waals surface area contributed by atoms with Crippen LogP contribution in [0.5, 0.6) is 5.75 Å². The maximum absolute atomic E-state index is 11.8. The van der Waals surface area contributed by atoms with Crippen molar-refractivity contribution in [2.24, 2.45) is 0 Å². The molecule has 3 rings (SSSR count). The average Bonchev–Trinajstić information content (AvgIpc) is 2.79. The van der Waals surface area contributed by atoms with E-state index in [0.29, 0.717) is 18.0 Å². The van der Waals surface area contributed by atoms with Crippen LogP contribution in [0.3, 0.4) is 0 Å². The van der Waals surface area contributed by atoms with Gasteiger partial charge in [-0.25, -0.2) is 14.8 Å². The lowest BCUT2D eigenvalue weighted by Gasteiger charge is -2.10. The Bertz CT molecular complexity index is 940. The number of nitrogens with zero attached hydrogens (tertiary/aromatic N) is 2. The van der Waals surface area contributed by atoms with Crippen LogP contribution >= 0.6 is 0 Å². The number of ether oxygens (including phenoxy) is 1. The summed E-state index contributed by atoms with van der Waals surface area (Å²) < 4.78 is 5.81. The van der Waals surface area contributed by atoms with Gasteiger partial charge in [-0.3, -0.25) is 0 Å². The smallest absolute Gasteiger partial charge is 0.355 e. The molecule has 0 radical (unpaired) electrons.